The van der Waals surface area contributed by atoms with E-state index in [1.165, 1.54) is 77.0 Å². The van der Waals surface area contributed by atoms with Crippen molar-refractivity contribution in [3.8, 4) is 0 Å². The molecule has 2 saturated carbocycles. The van der Waals surface area contributed by atoms with Gasteiger partial charge in [0.25, 0.3) is 11.6 Å². The van der Waals surface area contributed by atoms with Crippen molar-refractivity contribution in [3.63, 3.8) is 0 Å². The second-order valence-corrected chi connectivity index (χ2v) is 8.33. The lowest BCUT2D eigenvalue weighted by Gasteiger charge is -2.11. The number of hydrogen-bond donors (Lipinski definition) is 0. The molecule has 0 spiro atoms. The van der Waals surface area contributed by atoms with Crippen LogP contribution >= 0.6 is 0 Å². The van der Waals surface area contributed by atoms with Gasteiger partial charge in [0.2, 0.25) is 0 Å². The van der Waals surface area contributed by atoms with Crippen molar-refractivity contribution in [2.75, 3.05) is 0 Å². The molecule has 6 fully saturated rings. The normalized spacial score (nSPS) is 55.3. The highest BCUT2D eigenvalue weighted by atomic mass is 17.2. The third-order valence-electron chi connectivity index (χ3n) is 6.88. The van der Waals surface area contributed by atoms with Gasteiger partial charge in [-0.2, -0.15) is 0 Å². The van der Waals surface area contributed by atoms with Gasteiger partial charge in [-0.15, -0.1) is 0 Å². The Kier molecular flexibility index (Phi) is 2.62. The molecule has 0 N–H and O–H groups in total. The molecule has 23 heavy (non-hydrogen) atoms. The van der Waals surface area contributed by atoms with Crippen molar-refractivity contribution in [2.24, 2.45) is 11.8 Å². The van der Waals surface area contributed by atoms with Crippen molar-refractivity contribution in [1.82, 2.24) is 0 Å². The lowest BCUT2D eigenvalue weighted by molar-refractivity contribution is -0.308. The van der Waals surface area contributed by atoms with Gasteiger partial charge in [-0.1, -0.05) is 51.4 Å². The van der Waals surface area contributed by atoms with E-state index in [4.69, 9.17) is 23.7 Å². The SMILES string of the molecule is C1CCCC(C23OC2(OC24OC2(C2CCCCCC2)O4)O3)CC1. The van der Waals surface area contributed by atoms with E-state index in [1.807, 2.05) is 0 Å². The van der Waals surface area contributed by atoms with Gasteiger partial charge < -0.3 is 0 Å². The summed E-state index contributed by atoms with van der Waals surface area (Å²) in [7, 11) is 0. The lowest BCUT2D eigenvalue weighted by atomic mass is 9.95. The second-order valence-electron chi connectivity index (χ2n) is 8.33. The van der Waals surface area contributed by atoms with Gasteiger partial charge in [0.05, 0.1) is 0 Å². The fourth-order valence-corrected chi connectivity index (χ4v) is 5.27. The van der Waals surface area contributed by atoms with Gasteiger partial charge in [-0.25, -0.2) is 0 Å². The summed E-state index contributed by atoms with van der Waals surface area (Å²) in [5, 5.41) is 0. The topological polar surface area (TPSA) is 59.4 Å². The molecule has 4 aliphatic heterocycles. The van der Waals surface area contributed by atoms with Gasteiger partial charge in [0, 0.05) is 11.8 Å². The summed E-state index contributed by atoms with van der Waals surface area (Å²) in [6, 6.07) is 0. The summed E-state index contributed by atoms with van der Waals surface area (Å²) in [5.41, 5.74) is 0. The maximum absolute atomic E-state index is 6.10. The summed E-state index contributed by atoms with van der Waals surface area (Å²) in [4.78, 5) is 0. The standard InChI is InChI=1S/C18H26O5/c1-2-6-10-13(9-5-1)15-17(19-15,20-15)23-18-16(21-18,22-18)14-11-7-3-4-8-12-14/h13-14H,1-12H2. The zero-order valence-electron chi connectivity index (χ0n) is 13.7. The Bertz CT molecular complexity index is 458. The molecule has 0 aromatic heterocycles. The molecule has 6 aliphatic rings. The summed E-state index contributed by atoms with van der Waals surface area (Å²) in [6.45, 7) is 0. The molecule has 0 bridgehead atoms. The van der Waals surface area contributed by atoms with Crippen molar-refractivity contribution in [2.45, 2.75) is 101 Å². The molecule has 5 heteroatoms. The highest BCUT2D eigenvalue weighted by molar-refractivity contribution is 5.22. The Morgan fingerprint density at radius 2 is 0.870 bits per heavy atom. The second kappa shape index (κ2) is 4.31. The third kappa shape index (κ3) is 1.75. The smallest absolute Gasteiger partial charge is 0.281 e. The molecule has 4 heterocycles. The molecule has 5 nitrogen and oxygen atoms in total. The number of epoxide rings is 4. The molecule has 0 aromatic rings. The molecular formula is C18H26O5. The summed E-state index contributed by atoms with van der Waals surface area (Å²) < 4.78 is 29.6. The van der Waals surface area contributed by atoms with E-state index in [0.29, 0.717) is 11.8 Å². The minimum absolute atomic E-state index is 0.459. The zero-order valence-corrected chi connectivity index (χ0v) is 13.7. The van der Waals surface area contributed by atoms with Crippen LogP contribution in [-0.2, 0) is 23.7 Å². The van der Waals surface area contributed by atoms with E-state index in [0.717, 1.165) is 0 Å². The average Bonchev–Trinajstić information content (AvgIpc) is 3.37. The monoisotopic (exact) mass is 322 g/mol. The summed E-state index contributed by atoms with van der Waals surface area (Å²) in [6.07, 6.45) is 15.2. The summed E-state index contributed by atoms with van der Waals surface area (Å²) >= 11 is 0. The van der Waals surface area contributed by atoms with Crippen LogP contribution in [0.3, 0.4) is 0 Å². The number of ether oxygens (including phenoxy) is 5. The van der Waals surface area contributed by atoms with Crippen LogP contribution in [0.1, 0.15) is 77.0 Å². The van der Waals surface area contributed by atoms with Crippen LogP contribution < -0.4 is 0 Å². The zero-order chi connectivity index (χ0) is 15.2. The van der Waals surface area contributed by atoms with Crippen LogP contribution in [0.25, 0.3) is 0 Å². The number of rotatable bonds is 4. The molecule has 2 aliphatic carbocycles. The number of fused-ring (bicyclic) bond motifs is 2. The van der Waals surface area contributed by atoms with E-state index < -0.39 is 23.5 Å². The predicted octanol–water partition coefficient (Wildman–Crippen LogP) is 3.76. The van der Waals surface area contributed by atoms with E-state index in [9.17, 15) is 0 Å². The quantitative estimate of drug-likeness (QED) is 0.582. The van der Waals surface area contributed by atoms with Crippen molar-refractivity contribution in [3.05, 3.63) is 0 Å². The molecular weight excluding hydrogens is 296 g/mol. The molecule has 4 saturated heterocycles. The minimum atomic E-state index is -0.828. The van der Waals surface area contributed by atoms with Crippen molar-refractivity contribution < 1.29 is 23.7 Å². The minimum Gasteiger partial charge on any atom is -0.281 e. The van der Waals surface area contributed by atoms with Crippen molar-refractivity contribution in [1.29, 1.82) is 0 Å². The maximum atomic E-state index is 6.10. The van der Waals surface area contributed by atoms with E-state index in [-0.39, 0.29) is 0 Å². The van der Waals surface area contributed by atoms with Crippen LogP contribution in [-0.4, -0.2) is 23.5 Å². The largest absolute Gasteiger partial charge is 0.351 e. The highest BCUT2D eigenvalue weighted by Crippen LogP contribution is 2.81. The first-order valence-electron chi connectivity index (χ1n) is 9.75. The fourth-order valence-electron chi connectivity index (χ4n) is 5.27. The Morgan fingerprint density at radius 1 is 0.522 bits per heavy atom. The van der Waals surface area contributed by atoms with Crippen LogP contribution in [0.4, 0.5) is 0 Å². The lowest BCUT2D eigenvalue weighted by Crippen LogP contribution is -2.16. The van der Waals surface area contributed by atoms with E-state index >= 15 is 0 Å². The predicted molar refractivity (Wildman–Crippen MR) is 78.7 cm³/mol. The van der Waals surface area contributed by atoms with Crippen molar-refractivity contribution >= 4 is 0 Å². The van der Waals surface area contributed by atoms with E-state index in [2.05, 4.69) is 0 Å². The molecule has 6 rings (SSSR count). The van der Waals surface area contributed by atoms with Gasteiger partial charge >= 0.3 is 11.9 Å². The van der Waals surface area contributed by atoms with Crippen LogP contribution in [0, 0.1) is 11.8 Å². The maximum Gasteiger partial charge on any atom is 0.351 e. The first-order valence-corrected chi connectivity index (χ1v) is 9.75. The van der Waals surface area contributed by atoms with Crippen LogP contribution in [0.5, 0.6) is 0 Å². The molecule has 0 aromatic carbocycles. The Balaban J connectivity index is 1.11. The fraction of sp³-hybridized carbons (Fsp3) is 1.00. The Labute approximate surface area is 136 Å². The Morgan fingerprint density at radius 3 is 1.22 bits per heavy atom. The highest BCUT2D eigenvalue weighted by Gasteiger charge is 3.05. The number of hydrogen-bond acceptors (Lipinski definition) is 5. The van der Waals surface area contributed by atoms with Crippen LogP contribution in [0.15, 0.2) is 0 Å². The van der Waals surface area contributed by atoms with Gasteiger partial charge in [-0.05, 0) is 25.7 Å². The molecule has 0 atom stereocenters. The van der Waals surface area contributed by atoms with Crippen LogP contribution in [0.2, 0.25) is 0 Å². The van der Waals surface area contributed by atoms with Gasteiger partial charge in [0.1, 0.15) is 0 Å². The van der Waals surface area contributed by atoms with E-state index in [1.54, 1.807) is 0 Å². The average molecular weight is 322 g/mol. The summed E-state index contributed by atoms with van der Waals surface area (Å²) in [5.74, 6) is -1.62. The Hall–Kier alpha value is -0.200. The molecule has 128 valence electrons. The first-order chi connectivity index (χ1) is 11.2. The molecule has 0 unspecified atom stereocenters. The molecule has 0 amide bonds. The third-order valence-corrected chi connectivity index (χ3v) is 6.88. The van der Waals surface area contributed by atoms with Gasteiger partial charge in [-0.3, -0.25) is 23.7 Å². The first kappa shape index (κ1) is 14.0. The van der Waals surface area contributed by atoms with Gasteiger partial charge in [0.15, 0.2) is 0 Å². The molecule has 0 radical (unpaired) electrons.